The Morgan fingerprint density at radius 3 is 2.45 bits per heavy atom. The summed E-state index contributed by atoms with van der Waals surface area (Å²) >= 11 is 0. The minimum atomic E-state index is -1.33. The second-order valence-corrected chi connectivity index (χ2v) is 9.04. The van der Waals surface area contributed by atoms with Gasteiger partial charge in [0.2, 0.25) is 5.91 Å². The molecule has 1 atom stereocenters. The van der Waals surface area contributed by atoms with E-state index < -0.39 is 40.8 Å². The first kappa shape index (κ1) is 24.7. The van der Waals surface area contributed by atoms with Gasteiger partial charge in [-0.05, 0) is 11.5 Å². The van der Waals surface area contributed by atoms with E-state index in [1.54, 1.807) is 20.8 Å². The van der Waals surface area contributed by atoms with Crippen LogP contribution in [0.5, 0.6) is 0 Å². The molecule has 0 spiro atoms. The topological polar surface area (TPSA) is 99.5 Å². The lowest BCUT2D eigenvalue weighted by atomic mass is 9.86. The number of halogens is 3. The van der Waals surface area contributed by atoms with Gasteiger partial charge in [-0.2, -0.15) is 9.78 Å². The summed E-state index contributed by atoms with van der Waals surface area (Å²) in [6, 6.07) is -0.429. The number of aliphatic hydroxyl groups excluding tert-OH is 1. The van der Waals surface area contributed by atoms with Gasteiger partial charge in [0.15, 0.2) is 11.6 Å². The van der Waals surface area contributed by atoms with E-state index in [1.807, 2.05) is 4.90 Å². The molecule has 0 radical (unpaired) electrons. The van der Waals surface area contributed by atoms with Gasteiger partial charge in [0.25, 0.3) is 0 Å². The second-order valence-electron chi connectivity index (χ2n) is 9.04. The van der Waals surface area contributed by atoms with E-state index in [0.717, 1.165) is 4.68 Å². The number of carbonyl (C=O) groups excluding carboxylic acids is 2. The molecule has 3 rings (SSSR count). The third kappa shape index (κ3) is 5.03. The Bertz CT molecular complexity index is 1060. The molecular weight excluding hydrogens is 439 g/mol. The molecule has 1 aromatic carbocycles. The van der Waals surface area contributed by atoms with Gasteiger partial charge in [-0.15, -0.1) is 0 Å². The predicted octanol–water partition coefficient (Wildman–Crippen LogP) is 2.04. The van der Waals surface area contributed by atoms with E-state index in [9.17, 15) is 27.9 Å². The van der Waals surface area contributed by atoms with Gasteiger partial charge in [0, 0.05) is 50.3 Å². The summed E-state index contributed by atoms with van der Waals surface area (Å²) in [4.78, 5) is 27.4. The van der Waals surface area contributed by atoms with Crippen LogP contribution in [0.1, 0.15) is 32.0 Å². The molecule has 2 aromatic rings. The first-order valence-corrected chi connectivity index (χ1v) is 10.6. The highest BCUT2D eigenvalue weighted by Gasteiger charge is 2.35. The monoisotopic (exact) mass is 467 g/mol. The maximum absolute atomic E-state index is 14.6. The summed E-state index contributed by atoms with van der Waals surface area (Å²) in [5, 5.41) is 18.8. The number of hydrogen-bond donors (Lipinski definition) is 3. The van der Waals surface area contributed by atoms with Crippen LogP contribution in [0.2, 0.25) is 0 Å². The van der Waals surface area contributed by atoms with Crippen molar-refractivity contribution in [2.45, 2.75) is 39.8 Å². The number of benzene rings is 1. The van der Waals surface area contributed by atoms with Crippen LogP contribution in [0, 0.1) is 22.9 Å². The summed E-state index contributed by atoms with van der Waals surface area (Å²) < 4.78 is 43.1. The number of β-amino-alcohol motifs (C(OH)–C–C–N with tert-alkyl or cyclic N) is 1. The van der Waals surface area contributed by atoms with Crippen LogP contribution in [0.15, 0.2) is 12.1 Å². The number of fused-ring (bicyclic) bond motifs is 1. The Morgan fingerprint density at radius 1 is 1.18 bits per heavy atom. The minimum Gasteiger partial charge on any atom is -0.395 e. The van der Waals surface area contributed by atoms with Gasteiger partial charge in [0.1, 0.15) is 17.6 Å². The number of nitrogens with one attached hydrogen (secondary N) is 2. The van der Waals surface area contributed by atoms with Crippen LogP contribution in [0.4, 0.5) is 18.0 Å². The molecule has 0 bridgehead atoms. The van der Waals surface area contributed by atoms with Crippen molar-refractivity contribution in [3.05, 3.63) is 40.8 Å². The molecule has 0 aliphatic carbocycles. The van der Waals surface area contributed by atoms with E-state index in [4.69, 9.17) is 0 Å². The molecule has 1 unspecified atom stereocenters. The number of aliphatic hydroxyl groups is 1. The molecule has 0 saturated heterocycles. The van der Waals surface area contributed by atoms with E-state index in [-0.39, 0.29) is 24.4 Å². The van der Waals surface area contributed by atoms with E-state index in [1.165, 1.54) is 7.05 Å². The number of amides is 2. The van der Waals surface area contributed by atoms with Gasteiger partial charge < -0.3 is 15.7 Å². The number of hydrogen-bond acceptors (Lipinski definition) is 5. The van der Waals surface area contributed by atoms with Gasteiger partial charge in [0.05, 0.1) is 12.3 Å². The molecule has 11 heteroatoms. The summed E-state index contributed by atoms with van der Waals surface area (Å²) in [6.07, 6.45) is 0.348. The van der Waals surface area contributed by atoms with Crippen LogP contribution in [-0.2, 0) is 17.8 Å². The Balaban J connectivity index is 2.09. The number of carbonyl (C=O) groups is 2. The van der Waals surface area contributed by atoms with Crippen molar-refractivity contribution in [2.24, 2.45) is 5.41 Å². The maximum Gasteiger partial charge on any atom is 0.343 e. The Kier molecular flexibility index (Phi) is 7.13. The van der Waals surface area contributed by atoms with Crippen LogP contribution in [0.3, 0.4) is 0 Å². The van der Waals surface area contributed by atoms with Crippen molar-refractivity contribution in [2.75, 3.05) is 26.7 Å². The largest absolute Gasteiger partial charge is 0.395 e. The summed E-state index contributed by atoms with van der Waals surface area (Å²) in [7, 11) is 1.46. The molecule has 33 heavy (non-hydrogen) atoms. The van der Waals surface area contributed by atoms with E-state index in [0.29, 0.717) is 42.9 Å². The molecular formula is C22H28F3N5O3. The zero-order valence-electron chi connectivity index (χ0n) is 19.0. The highest BCUT2D eigenvalue weighted by Crippen LogP contribution is 2.33. The number of rotatable bonds is 5. The summed E-state index contributed by atoms with van der Waals surface area (Å²) in [5.74, 6) is -3.98. The predicted molar refractivity (Wildman–Crippen MR) is 115 cm³/mol. The van der Waals surface area contributed by atoms with Crippen molar-refractivity contribution in [3.63, 3.8) is 0 Å². The van der Waals surface area contributed by atoms with Crippen molar-refractivity contribution in [1.82, 2.24) is 25.3 Å². The molecule has 1 aliphatic rings. The van der Waals surface area contributed by atoms with E-state index in [2.05, 4.69) is 15.7 Å². The molecule has 2 heterocycles. The summed E-state index contributed by atoms with van der Waals surface area (Å²) in [6.45, 7) is 6.36. The quantitative estimate of drug-likeness (QED) is 0.585. The number of aromatic nitrogens is 2. The molecule has 3 N–H and O–H groups in total. The van der Waals surface area contributed by atoms with E-state index >= 15 is 0 Å². The lowest BCUT2D eigenvalue weighted by Gasteiger charge is -2.30. The first-order chi connectivity index (χ1) is 15.5. The fourth-order valence-corrected chi connectivity index (χ4v) is 3.90. The molecule has 0 saturated carbocycles. The molecule has 180 valence electrons. The SMILES string of the molecule is CNC(=O)C(NC(=O)n1nc(-c2cc(F)c(F)cc2F)c2c1CCN(CCO)C2)C(C)(C)C. The first-order valence-electron chi connectivity index (χ1n) is 10.6. The lowest BCUT2D eigenvalue weighted by Crippen LogP contribution is -2.54. The Hall–Kier alpha value is -2.92. The molecule has 1 aliphatic heterocycles. The zero-order valence-corrected chi connectivity index (χ0v) is 19.0. The zero-order chi connectivity index (χ0) is 24.5. The van der Waals surface area contributed by atoms with Crippen molar-refractivity contribution < 1.29 is 27.9 Å². The smallest absolute Gasteiger partial charge is 0.343 e. The van der Waals surface area contributed by atoms with Gasteiger partial charge in [-0.25, -0.2) is 18.0 Å². The Labute approximate surface area is 189 Å². The minimum absolute atomic E-state index is 0.00596. The van der Waals surface area contributed by atoms with Gasteiger partial charge in [-0.1, -0.05) is 20.8 Å². The lowest BCUT2D eigenvalue weighted by molar-refractivity contribution is -0.124. The average Bonchev–Trinajstić information content (AvgIpc) is 3.12. The average molecular weight is 467 g/mol. The van der Waals surface area contributed by atoms with Crippen molar-refractivity contribution in [1.29, 1.82) is 0 Å². The molecule has 8 nitrogen and oxygen atoms in total. The van der Waals surface area contributed by atoms with Crippen LogP contribution < -0.4 is 10.6 Å². The maximum atomic E-state index is 14.6. The second kappa shape index (κ2) is 9.52. The molecule has 0 fully saturated rings. The third-order valence-electron chi connectivity index (χ3n) is 5.65. The van der Waals surface area contributed by atoms with Crippen LogP contribution in [-0.4, -0.2) is 64.5 Å². The highest BCUT2D eigenvalue weighted by molar-refractivity contribution is 5.88. The van der Waals surface area contributed by atoms with Gasteiger partial charge in [-0.3, -0.25) is 9.69 Å². The fourth-order valence-electron chi connectivity index (χ4n) is 3.90. The fraction of sp³-hybridized carbons (Fsp3) is 0.500. The van der Waals surface area contributed by atoms with Gasteiger partial charge >= 0.3 is 6.03 Å². The highest BCUT2D eigenvalue weighted by atomic mass is 19.2. The standard InChI is InChI=1S/C22H28F3N5O3/c1-22(2,3)19(20(32)26-4)27-21(33)30-17-5-6-29(7-8-31)11-13(17)18(28-30)12-9-15(24)16(25)10-14(12)23/h9-10,19,31H,5-8,11H2,1-4H3,(H,26,32)(H,27,33). The summed E-state index contributed by atoms with van der Waals surface area (Å²) in [5.41, 5.74) is 0.0655. The van der Waals surface area contributed by atoms with Crippen LogP contribution >= 0.6 is 0 Å². The Morgan fingerprint density at radius 2 is 1.85 bits per heavy atom. The third-order valence-corrected chi connectivity index (χ3v) is 5.65. The van der Waals surface area contributed by atoms with Crippen molar-refractivity contribution in [3.8, 4) is 11.3 Å². The van der Waals surface area contributed by atoms with Crippen molar-refractivity contribution >= 4 is 11.9 Å². The number of nitrogens with zero attached hydrogens (tertiary/aromatic N) is 3. The normalized spacial score (nSPS) is 15.2. The number of likely N-dealkylation sites (N-methyl/N-ethyl adjacent to an activating group) is 1. The molecule has 2 amide bonds. The molecule has 1 aromatic heterocycles. The van der Waals surface area contributed by atoms with Crippen LogP contribution in [0.25, 0.3) is 11.3 Å².